The van der Waals surface area contributed by atoms with Gasteiger partial charge in [-0.25, -0.2) is 8.42 Å². The Balaban J connectivity index is 2.35. The maximum atomic E-state index is 11.6. The summed E-state index contributed by atoms with van der Waals surface area (Å²) in [5, 5.41) is 0. The van der Waals surface area contributed by atoms with E-state index < -0.39 is 15.9 Å². The molecule has 2 N–H and O–H groups in total. The molecule has 1 aliphatic rings. The minimum atomic E-state index is -2.95. The maximum absolute atomic E-state index is 11.6. The second kappa shape index (κ2) is 5.38. The van der Waals surface area contributed by atoms with Crippen molar-refractivity contribution in [3.05, 3.63) is 23.8 Å². The predicted molar refractivity (Wildman–Crippen MR) is 73.2 cm³/mol. The van der Waals surface area contributed by atoms with Gasteiger partial charge in [-0.2, -0.15) is 0 Å². The highest BCUT2D eigenvalue weighted by atomic mass is 32.2. The lowest BCUT2D eigenvalue weighted by atomic mass is 9.92. The van der Waals surface area contributed by atoms with E-state index in [1.54, 1.807) is 26.4 Å². The van der Waals surface area contributed by atoms with E-state index in [1.165, 1.54) is 0 Å². The minimum absolute atomic E-state index is 0.0878. The van der Waals surface area contributed by atoms with Gasteiger partial charge in [0.05, 0.1) is 31.3 Å². The van der Waals surface area contributed by atoms with Crippen molar-refractivity contribution in [2.24, 2.45) is 11.7 Å². The molecular formula is C13H19NO4S. The molecule has 1 aromatic carbocycles. The molecule has 19 heavy (non-hydrogen) atoms. The summed E-state index contributed by atoms with van der Waals surface area (Å²) in [6.07, 6.45) is 0.588. The average Bonchev–Trinajstić information content (AvgIpc) is 2.77. The Hall–Kier alpha value is -1.27. The third kappa shape index (κ3) is 2.84. The molecule has 0 bridgehead atoms. The molecule has 6 heteroatoms. The maximum Gasteiger partial charge on any atom is 0.150 e. The van der Waals surface area contributed by atoms with Crippen LogP contribution in [0.25, 0.3) is 0 Å². The van der Waals surface area contributed by atoms with Gasteiger partial charge in [0.1, 0.15) is 11.5 Å². The first-order valence-electron chi connectivity index (χ1n) is 6.15. The van der Waals surface area contributed by atoms with Crippen LogP contribution in [0.2, 0.25) is 0 Å². The van der Waals surface area contributed by atoms with Crippen molar-refractivity contribution in [1.82, 2.24) is 0 Å². The molecule has 0 aromatic heterocycles. The van der Waals surface area contributed by atoms with E-state index in [0.717, 1.165) is 5.56 Å². The number of rotatable bonds is 4. The molecule has 1 aliphatic heterocycles. The zero-order chi connectivity index (χ0) is 14.0. The predicted octanol–water partition coefficient (Wildman–Crippen LogP) is 1.14. The molecule has 106 valence electrons. The van der Waals surface area contributed by atoms with Crippen molar-refractivity contribution in [3.8, 4) is 11.5 Å². The summed E-state index contributed by atoms with van der Waals surface area (Å²) in [4.78, 5) is 0. The monoisotopic (exact) mass is 285 g/mol. The number of hydrogen-bond acceptors (Lipinski definition) is 5. The van der Waals surface area contributed by atoms with Crippen LogP contribution < -0.4 is 15.2 Å². The van der Waals surface area contributed by atoms with E-state index >= 15 is 0 Å². The zero-order valence-electron chi connectivity index (χ0n) is 11.1. The highest BCUT2D eigenvalue weighted by molar-refractivity contribution is 7.91. The van der Waals surface area contributed by atoms with Crippen LogP contribution in [-0.4, -0.2) is 34.1 Å². The van der Waals surface area contributed by atoms with E-state index in [4.69, 9.17) is 15.2 Å². The first kappa shape index (κ1) is 14.1. The molecule has 1 aromatic rings. The Morgan fingerprint density at radius 3 is 2.26 bits per heavy atom. The molecule has 2 atom stereocenters. The topological polar surface area (TPSA) is 78.6 Å². The van der Waals surface area contributed by atoms with Crippen molar-refractivity contribution in [2.75, 3.05) is 25.7 Å². The molecule has 2 unspecified atom stereocenters. The van der Waals surface area contributed by atoms with Crippen LogP contribution in [0.1, 0.15) is 18.0 Å². The van der Waals surface area contributed by atoms with Crippen molar-refractivity contribution >= 4 is 9.84 Å². The third-order valence-corrected chi connectivity index (χ3v) is 5.37. The summed E-state index contributed by atoms with van der Waals surface area (Å²) < 4.78 is 33.8. The van der Waals surface area contributed by atoms with Crippen LogP contribution in [0, 0.1) is 5.92 Å². The summed E-state index contributed by atoms with van der Waals surface area (Å²) >= 11 is 0. The molecule has 0 saturated carbocycles. The van der Waals surface area contributed by atoms with Crippen LogP contribution in [-0.2, 0) is 9.84 Å². The Morgan fingerprint density at radius 1 is 1.26 bits per heavy atom. The first-order chi connectivity index (χ1) is 8.98. The molecule has 0 aliphatic carbocycles. The Kier molecular flexibility index (Phi) is 4.01. The normalized spacial score (nSPS) is 23.0. The number of sulfone groups is 1. The van der Waals surface area contributed by atoms with Gasteiger partial charge >= 0.3 is 0 Å². The van der Waals surface area contributed by atoms with Crippen LogP contribution in [0.5, 0.6) is 11.5 Å². The lowest BCUT2D eigenvalue weighted by Gasteiger charge is -2.22. The highest BCUT2D eigenvalue weighted by Crippen LogP contribution is 2.39. The fraction of sp³-hybridized carbons (Fsp3) is 0.538. The summed E-state index contributed by atoms with van der Waals surface area (Å²) in [6, 6.07) is 5.03. The fourth-order valence-electron chi connectivity index (χ4n) is 2.55. The first-order valence-corrected chi connectivity index (χ1v) is 7.97. The average molecular weight is 285 g/mol. The Bertz CT molecular complexity index is 534. The summed E-state index contributed by atoms with van der Waals surface area (Å²) in [7, 11) is 0.182. The standard InChI is InChI=1S/C13H19NO4S/c1-17-10-4-3-5-11(18-2)12(10)13(14)9-6-7-19(15,16)8-9/h3-5,9,13H,6-8,14H2,1-2H3. The number of nitrogens with two attached hydrogens (primary N) is 1. The van der Waals surface area contributed by atoms with Crippen LogP contribution in [0.4, 0.5) is 0 Å². The van der Waals surface area contributed by atoms with Crippen molar-refractivity contribution in [1.29, 1.82) is 0 Å². The van der Waals surface area contributed by atoms with E-state index in [9.17, 15) is 8.42 Å². The molecule has 0 radical (unpaired) electrons. The van der Waals surface area contributed by atoms with E-state index in [-0.39, 0.29) is 17.4 Å². The molecule has 2 rings (SSSR count). The van der Waals surface area contributed by atoms with E-state index in [1.807, 2.05) is 6.07 Å². The van der Waals surface area contributed by atoms with Gasteiger partial charge in [0.15, 0.2) is 9.84 Å². The van der Waals surface area contributed by atoms with Gasteiger partial charge in [-0.1, -0.05) is 6.07 Å². The number of hydrogen-bond donors (Lipinski definition) is 1. The van der Waals surface area contributed by atoms with Crippen molar-refractivity contribution in [2.45, 2.75) is 12.5 Å². The van der Waals surface area contributed by atoms with Crippen molar-refractivity contribution in [3.63, 3.8) is 0 Å². The second-order valence-electron chi connectivity index (χ2n) is 4.77. The second-order valence-corrected chi connectivity index (χ2v) is 6.99. The lowest BCUT2D eigenvalue weighted by molar-refractivity contribution is 0.363. The molecule has 1 saturated heterocycles. The SMILES string of the molecule is COc1cccc(OC)c1C(N)C1CCS(=O)(=O)C1. The Labute approximate surface area is 113 Å². The largest absolute Gasteiger partial charge is 0.496 e. The molecule has 1 heterocycles. The molecule has 0 spiro atoms. The minimum Gasteiger partial charge on any atom is -0.496 e. The molecule has 0 amide bonds. The fourth-order valence-corrected chi connectivity index (χ4v) is 4.41. The number of ether oxygens (including phenoxy) is 2. The summed E-state index contributed by atoms with van der Waals surface area (Å²) in [5.74, 6) is 1.53. The molecule has 1 fully saturated rings. The smallest absolute Gasteiger partial charge is 0.150 e. The van der Waals surface area contributed by atoms with Gasteiger partial charge in [0, 0.05) is 6.04 Å². The van der Waals surface area contributed by atoms with Gasteiger partial charge in [0.25, 0.3) is 0 Å². The number of methoxy groups -OCH3 is 2. The lowest BCUT2D eigenvalue weighted by Crippen LogP contribution is -2.23. The van der Waals surface area contributed by atoms with Gasteiger partial charge in [0.2, 0.25) is 0 Å². The molecule has 5 nitrogen and oxygen atoms in total. The Morgan fingerprint density at radius 2 is 1.84 bits per heavy atom. The number of benzene rings is 1. The quantitative estimate of drug-likeness (QED) is 0.897. The third-order valence-electron chi connectivity index (χ3n) is 3.57. The van der Waals surface area contributed by atoms with Gasteiger partial charge < -0.3 is 15.2 Å². The van der Waals surface area contributed by atoms with E-state index in [0.29, 0.717) is 17.9 Å². The van der Waals surface area contributed by atoms with Crippen molar-refractivity contribution < 1.29 is 17.9 Å². The van der Waals surface area contributed by atoms with Gasteiger partial charge in [-0.05, 0) is 24.5 Å². The van der Waals surface area contributed by atoms with Crippen LogP contribution >= 0.6 is 0 Å². The van der Waals surface area contributed by atoms with E-state index in [2.05, 4.69) is 0 Å². The van der Waals surface area contributed by atoms with Gasteiger partial charge in [-0.15, -0.1) is 0 Å². The molecular weight excluding hydrogens is 266 g/mol. The van der Waals surface area contributed by atoms with Crippen LogP contribution in [0.15, 0.2) is 18.2 Å². The summed E-state index contributed by atoms with van der Waals surface area (Å²) in [6.45, 7) is 0. The zero-order valence-corrected chi connectivity index (χ0v) is 11.9. The van der Waals surface area contributed by atoms with Crippen LogP contribution in [0.3, 0.4) is 0 Å². The van der Waals surface area contributed by atoms with Gasteiger partial charge in [-0.3, -0.25) is 0 Å². The highest BCUT2D eigenvalue weighted by Gasteiger charge is 2.35. The summed E-state index contributed by atoms with van der Waals surface area (Å²) in [5.41, 5.74) is 6.99.